The summed E-state index contributed by atoms with van der Waals surface area (Å²) in [5.74, 6) is -1.11. The highest BCUT2D eigenvalue weighted by molar-refractivity contribution is 5.30. The molecule has 0 fully saturated rings. The molecule has 0 bridgehead atoms. The molecule has 0 spiro atoms. The Labute approximate surface area is 111 Å². The van der Waals surface area contributed by atoms with Gasteiger partial charge in [0.05, 0.1) is 12.2 Å². The lowest BCUT2D eigenvalue weighted by Gasteiger charge is -2.17. The molecule has 0 radical (unpaired) electrons. The molecule has 1 atom stereocenters. The lowest BCUT2D eigenvalue weighted by atomic mass is 10.0. The van der Waals surface area contributed by atoms with Gasteiger partial charge >= 0.3 is 0 Å². The van der Waals surface area contributed by atoms with E-state index in [-0.39, 0.29) is 6.04 Å². The molecule has 0 aliphatic carbocycles. The average Bonchev–Trinajstić information content (AvgIpc) is 2.85. The zero-order chi connectivity index (χ0) is 13.8. The maximum Gasteiger partial charge on any atom is 0.131 e. The summed E-state index contributed by atoms with van der Waals surface area (Å²) in [5.41, 5.74) is 1.30. The van der Waals surface area contributed by atoms with E-state index in [1.807, 2.05) is 20.0 Å². The molecule has 0 amide bonds. The molecule has 0 aliphatic rings. The van der Waals surface area contributed by atoms with Crippen LogP contribution in [0.25, 0.3) is 0 Å². The van der Waals surface area contributed by atoms with Gasteiger partial charge in [-0.3, -0.25) is 4.68 Å². The fourth-order valence-corrected chi connectivity index (χ4v) is 2.05. The molecule has 1 aromatic heterocycles. The highest BCUT2D eigenvalue weighted by Gasteiger charge is 2.18. The van der Waals surface area contributed by atoms with Crippen molar-refractivity contribution in [3.63, 3.8) is 0 Å². The monoisotopic (exact) mass is 265 g/mol. The number of nitrogens with zero attached hydrogens (tertiary/aromatic N) is 2. The highest BCUT2D eigenvalue weighted by atomic mass is 19.1. The molecule has 2 rings (SSSR count). The standard InChI is InChI=1S/C14H17F2N3/c1-3-17-14(10-8-18-19(4-2)9-10)12-6-5-11(15)7-13(12)16/h5-9,14,17H,3-4H2,1-2H3. The van der Waals surface area contributed by atoms with E-state index in [2.05, 4.69) is 10.4 Å². The van der Waals surface area contributed by atoms with Crippen molar-refractivity contribution in [2.75, 3.05) is 6.54 Å². The summed E-state index contributed by atoms with van der Waals surface area (Å²) < 4.78 is 28.7. The second kappa shape index (κ2) is 5.93. The van der Waals surface area contributed by atoms with Crippen LogP contribution in [0.1, 0.15) is 31.0 Å². The van der Waals surface area contributed by atoms with Crippen molar-refractivity contribution in [2.24, 2.45) is 0 Å². The van der Waals surface area contributed by atoms with Crippen molar-refractivity contribution in [1.82, 2.24) is 15.1 Å². The van der Waals surface area contributed by atoms with E-state index in [0.29, 0.717) is 12.1 Å². The molecule has 1 unspecified atom stereocenters. The highest BCUT2D eigenvalue weighted by Crippen LogP contribution is 2.24. The van der Waals surface area contributed by atoms with Crippen LogP contribution >= 0.6 is 0 Å². The molecule has 0 aliphatic heterocycles. The average molecular weight is 265 g/mol. The third kappa shape index (κ3) is 2.98. The fraction of sp³-hybridized carbons (Fsp3) is 0.357. The van der Waals surface area contributed by atoms with Crippen LogP contribution in [0.15, 0.2) is 30.6 Å². The van der Waals surface area contributed by atoms with Gasteiger partial charge in [-0.2, -0.15) is 5.10 Å². The topological polar surface area (TPSA) is 29.9 Å². The first-order valence-electron chi connectivity index (χ1n) is 6.36. The van der Waals surface area contributed by atoms with Gasteiger partial charge in [-0.15, -0.1) is 0 Å². The Morgan fingerprint density at radius 2 is 2.11 bits per heavy atom. The molecule has 1 N–H and O–H groups in total. The zero-order valence-electron chi connectivity index (χ0n) is 11.0. The van der Waals surface area contributed by atoms with Gasteiger partial charge in [-0.25, -0.2) is 8.78 Å². The lowest BCUT2D eigenvalue weighted by molar-refractivity contribution is 0.540. The predicted octanol–water partition coefficient (Wildman–Crippen LogP) is 2.88. The normalized spacial score (nSPS) is 12.6. The maximum atomic E-state index is 13.9. The smallest absolute Gasteiger partial charge is 0.131 e. The summed E-state index contributed by atoms with van der Waals surface area (Å²) >= 11 is 0. The van der Waals surface area contributed by atoms with Crippen LogP contribution in [0.4, 0.5) is 8.78 Å². The predicted molar refractivity (Wildman–Crippen MR) is 69.8 cm³/mol. The first kappa shape index (κ1) is 13.7. The molecule has 0 saturated heterocycles. The first-order valence-corrected chi connectivity index (χ1v) is 6.36. The van der Waals surface area contributed by atoms with E-state index in [9.17, 15) is 8.78 Å². The number of benzene rings is 1. The number of hydrogen-bond donors (Lipinski definition) is 1. The number of hydrogen-bond acceptors (Lipinski definition) is 2. The minimum absolute atomic E-state index is 0.314. The molecule has 2 aromatic rings. The minimum atomic E-state index is -0.569. The van der Waals surface area contributed by atoms with Crippen molar-refractivity contribution < 1.29 is 8.78 Å². The Morgan fingerprint density at radius 1 is 1.32 bits per heavy atom. The molecule has 19 heavy (non-hydrogen) atoms. The van der Waals surface area contributed by atoms with Crippen LogP contribution in [0.5, 0.6) is 0 Å². The Hall–Kier alpha value is -1.75. The summed E-state index contributed by atoms with van der Waals surface area (Å²) in [5, 5.41) is 7.39. The van der Waals surface area contributed by atoms with Crippen molar-refractivity contribution in [1.29, 1.82) is 0 Å². The van der Waals surface area contributed by atoms with E-state index in [0.717, 1.165) is 18.2 Å². The van der Waals surface area contributed by atoms with Crippen LogP contribution in [0, 0.1) is 11.6 Å². The summed E-state index contributed by atoms with van der Waals surface area (Å²) in [7, 11) is 0. The van der Waals surface area contributed by atoms with Crippen LogP contribution in [0.3, 0.4) is 0 Å². The van der Waals surface area contributed by atoms with Crippen molar-refractivity contribution in [2.45, 2.75) is 26.4 Å². The molecular weight excluding hydrogens is 248 g/mol. The third-order valence-corrected chi connectivity index (χ3v) is 2.99. The van der Waals surface area contributed by atoms with Gasteiger partial charge in [0.1, 0.15) is 11.6 Å². The zero-order valence-corrected chi connectivity index (χ0v) is 11.0. The van der Waals surface area contributed by atoms with E-state index in [1.54, 1.807) is 10.9 Å². The molecule has 1 aromatic carbocycles. The van der Waals surface area contributed by atoms with Gasteiger partial charge in [0.25, 0.3) is 0 Å². The minimum Gasteiger partial charge on any atom is -0.306 e. The van der Waals surface area contributed by atoms with E-state index in [1.165, 1.54) is 12.1 Å². The summed E-state index contributed by atoms with van der Waals surface area (Å²) in [4.78, 5) is 0. The van der Waals surface area contributed by atoms with Gasteiger partial charge in [0.15, 0.2) is 0 Å². The maximum absolute atomic E-state index is 13.9. The van der Waals surface area contributed by atoms with Gasteiger partial charge in [0.2, 0.25) is 0 Å². The third-order valence-electron chi connectivity index (χ3n) is 2.99. The number of aromatic nitrogens is 2. The van der Waals surface area contributed by atoms with Crippen LogP contribution in [-0.2, 0) is 6.54 Å². The van der Waals surface area contributed by atoms with Gasteiger partial charge in [-0.1, -0.05) is 13.0 Å². The van der Waals surface area contributed by atoms with E-state index >= 15 is 0 Å². The lowest BCUT2D eigenvalue weighted by Crippen LogP contribution is -2.22. The largest absolute Gasteiger partial charge is 0.306 e. The first-order chi connectivity index (χ1) is 9.15. The van der Waals surface area contributed by atoms with Gasteiger partial charge in [-0.05, 0) is 19.5 Å². The van der Waals surface area contributed by atoms with E-state index < -0.39 is 11.6 Å². The second-order valence-electron chi connectivity index (χ2n) is 4.29. The summed E-state index contributed by atoms with van der Waals surface area (Å²) in [6.07, 6.45) is 3.58. The Bertz CT molecular complexity index is 551. The Morgan fingerprint density at radius 3 is 2.68 bits per heavy atom. The summed E-state index contributed by atoms with van der Waals surface area (Å²) in [6, 6.07) is 3.34. The molecule has 102 valence electrons. The van der Waals surface area contributed by atoms with Crippen molar-refractivity contribution in [3.8, 4) is 0 Å². The van der Waals surface area contributed by atoms with E-state index in [4.69, 9.17) is 0 Å². The number of rotatable bonds is 5. The molecule has 1 heterocycles. The van der Waals surface area contributed by atoms with Crippen LogP contribution in [-0.4, -0.2) is 16.3 Å². The number of aryl methyl sites for hydroxylation is 1. The molecule has 5 heteroatoms. The Balaban J connectivity index is 2.38. The second-order valence-corrected chi connectivity index (χ2v) is 4.29. The van der Waals surface area contributed by atoms with Gasteiger partial charge in [0, 0.05) is 29.9 Å². The van der Waals surface area contributed by atoms with Gasteiger partial charge < -0.3 is 5.32 Å². The fourth-order valence-electron chi connectivity index (χ4n) is 2.05. The van der Waals surface area contributed by atoms with Crippen LogP contribution in [0.2, 0.25) is 0 Å². The van der Waals surface area contributed by atoms with Crippen molar-refractivity contribution in [3.05, 3.63) is 53.4 Å². The Kier molecular flexibility index (Phi) is 4.27. The summed E-state index contributed by atoms with van der Waals surface area (Å²) in [6.45, 7) is 5.36. The molecule has 0 saturated carbocycles. The molecule has 3 nitrogen and oxygen atoms in total. The van der Waals surface area contributed by atoms with Crippen molar-refractivity contribution >= 4 is 0 Å². The number of halogens is 2. The molecular formula is C14H17F2N3. The number of nitrogens with one attached hydrogen (secondary N) is 1. The quantitative estimate of drug-likeness (QED) is 0.901. The SMILES string of the molecule is CCNC(c1cnn(CC)c1)c1ccc(F)cc1F. The van der Waals surface area contributed by atoms with Crippen LogP contribution < -0.4 is 5.32 Å².